The fourth-order valence-electron chi connectivity index (χ4n) is 6.47. The summed E-state index contributed by atoms with van der Waals surface area (Å²) >= 11 is 6.11. The smallest absolute Gasteiger partial charge is 0.287 e. The van der Waals surface area contributed by atoms with Gasteiger partial charge in [-0.25, -0.2) is 0 Å². The fourth-order valence-corrected chi connectivity index (χ4v) is 6.59. The summed E-state index contributed by atoms with van der Waals surface area (Å²) < 4.78 is 16.5. The first-order chi connectivity index (χ1) is 23.7. The monoisotopic (exact) mass is 686 g/mol. The number of para-hydroxylation sites is 1. The molecule has 12 heteroatoms. The number of ether oxygens (including phenoxy) is 2. The second-order valence-electron chi connectivity index (χ2n) is 12.2. The molecule has 256 valence electrons. The van der Waals surface area contributed by atoms with Gasteiger partial charge in [0.05, 0.1) is 25.2 Å². The Morgan fingerprint density at radius 1 is 0.837 bits per heavy atom. The van der Waals surface area contributed by atoms with Crippen molar-refractivity contribution < 1.29 is 28.3 Å². The molecule has 0 unspecified atom stereocenters. The van der Waals surface area contributed by atoms with Crippen LogP contribution in [0, 0.1) is 0 Å². The minimum absolute atomic E-state index is 0.0393. The molecule has 2 fully saturated rings. The standard InChI is InChI=1S/C37H39ClN4O7/c1-47-32-21-27-30(43)22-34(49-31(27)23-33(32)48-2)35(44)39-28(20-24-10-12-25(38)13-11-24)37(46)42-18-16-40(17-19-42)29-9-5-4-8-26(29)36(45)41-14-6-3-7-15-41/h4-5,8-13,21-23,28H,3,6-7,14-20H2,1-2H3,(H,39,44)/t28-/m1/s1. The van der Waals surface area contributed by atoms with E-state index in [0.29, 0.717) is 48.3 Å². The lowest BCUT2D eigenvalue weighted by molar-refractivity contribution is -0.133. The molecule has 1 N–H and O–H groups in total. The Morgan fingerprint density at radius 2 is 1.51 bits per heavy atom. The number of anilines is 1. The van der Waals surface area contributed by atoms with Crippen LogP contribution in [-0.4, -0.2) is 87.1 Å². The molecular weight excluding hydrogens is 648 g/mol. The van der Waals surface area contributed by atoms with Crippen molar-refractivity contribution in [3.63, 3.8) is 0 Å². The molecule has 11 nitrogen and oxygen atoms in total. The van der Waals surface area contributed by atoms with E-state index in [0.717, 1.165) is 49.7 Å². The number of hydrogen-bond donors (Lipinski definition) is 1. The maximum absolute atomic E-state index is 14.1. The van der Waals surface area contributed by atoms with Gasteiger partial charge in [0.25, 0.3) is 11.8 Å². The van der Waals surface area contributed by atoms with E-state index in [4.69, 9.17) is 25.5 Å². The van der Waals surface area contributed by atoms with Crippen molar-refractivity contribution in [3.8, 4) is 11.5 Å². The molecule has 1 aromatic heterocycles. The third-order valence-electron chi connectivity index (χ3n) is 9.12. The Kier molecular flexibility index (Phi) is 10.4. The number of halogens is 1. The highest BCUT2D eigenvalue weighted by Crippen LogP contribution is 2.31. The van der Waals surface area contributed by atoms with Gasteiger partial charge >= 0.3 is 0 Å². The highest BCUT2D eigenvalue weighted by atomic mass is 35.5. The van der Waals surface area contributed by atoms with Crippen molar-refractivity contribution in [2.45, 2.75) is 31.7 Å². The quantitative estimate of drug-likeness (QED) is 0.267. The highest BCUT2D eigenvalue weighted by Gasteiger charge is 2.31. The largest absolute Gasteiger partial charge is 0.493 e. The van der Waals surface area contributed by atoms with E-state index in [1.165, 1.54) is 26.4 Å². The van der Waals surface area contributed by atoms with Crippen LogP contribution in [0.2, 0.25) is 5.02 Å². The number of rotatable bonds is 9. The number of nitrogens with zero attached hydrogens (tertiary/aromatic N) is 3. The first-order valence-electron chi connectivity index (χ1n) is 16.4. The van der Waals surface area contributed by atoms with E-state index < -0.39 is 17.4 Å². The summed E-state index contributed by atoms with van der Waals surface area (Å²) in [5, 5.41) is 3.60. The molecule has 2 aliphatic heterocycles. The summed E-state index contributed by atoms with van der Waals surface area (Å²) in [4.78, 5) is 59.9. The first-order valence-corrected chi connectivity index (χ1v) is 16.8. The molecule has 3 heterocycles. The zero-order valence-corrected chi connectivity index (χ0v) is 28.3. The average Bonchev–Trinajstić information content (AvgIpc) is 3.14. The zero-order chi connectivity index (χ0) is 34.5. The summed E-state index contributed by atoms with van der Waals surface area (Å²) in [5.74, 6) is -0.481. The van der Waals surface area contributed by atoms with Crippen LogP contribution in [0.25, 0.3) is 11.0 Å². The molecule has 1 atom stereocenters. The van der Waals surface area contributed by atoms with Crippen LogP contribution in [0.15, 0.2) is 75.9 Å². The van der Waals surface area contributed by atoms with Crippen LogP contribution in [0.4, 0.5) is 5.69 Å². The highest BCUT2D eigenvalue weighted by molar-refractivity contribution is 6.30. The van der Waals surface area contributed by atoms with Crippen LogP contribution in [0.1, 0.15) is 45.7 Å². The van der Waals surface area contributed by atoms with E-state index in [-0.39, 0.29) is 35.0 Å². The SMILES string of the molecule is COc1cc2oc(C(=O)N[C@H](Cc3ccc(Cl)cc3)C(=O)N3CCN(c4ccccc4C(=O)N4CCCCC4)CC3)cc(=O)c2cc1OC. The summed E-state index contributed by atoms with van der Waals surface area (Å²) in [7, 11) is 2.92. The van der Waals surface area contributed by atoms with Crippen LogP contribution < -0.4 is 25.1 Å². The molecule has 0 saturated carbocycles. The molecule has 0 bridgehead atoms. The Balaban J connectivity index is 1.20. The Hall–Kier alpha value is -5.03. The van der Waals surface area contributed by atoms with E-state index in [1.807, 2.05) is 29.2 Å². The van der Waals surface area contributed by atoms with Crippen LogP contribution >= 0.6 is 11.6 Å². The molecule has 49 heavy (non-hydrogen) atoms. The fraction of sp³-hybridized carbons (Fsp3) is 0.351. The minimum atomic E-state index is -0.959. The Bertz CT molecular complexity index is 1900. The van der Waals surface area contributed by atoms with E-state index >= 15 is 0 Å². The lowest BCUT2D eigenvalue weighted by Crippen LogP contribution is -2.56. The lowest BCUT2D eigenvalue weighted by atomic mass is 10.0. The summed E-state index contributed by atoms with van der Waals surface area (Å²) in [6.07, 6.45) is 3.36. The van der Waals surface area contributed by atoms with Gasteiger partial charge < -0.3 is 33.9 Å². The molecule has 2 aliphatic rings. The Labute approximate surface area is 289 Å². The number of carbonyl (C=O) groups excluding carboxylic acids is 3. The van der Waals surface area contributed by atoms with Gasteiger partial charge in [-0.2, -0.15) is 0 Å². The summed E-state index contributed by atoms with van der Waals surface area (Å²) in [6, 6.07) is 17.8. The topological polar surface area (TPSA) is 122 Å². The normalized spacial score (nSPS) is 15.5. The van der Waals surface area contributed by atoms with E-state index in [9.17, 15) is 19.2 Å². The number of carbonyl (C=O) groups is 3. The van der Waals surface area contributed by atoms with E-state index in [2.05, 4.69) is 10.2 Å². The van der Waals surface area contributed by atoms with E-state index in [1.54, 1.807) is 29.2 Å². The van der Waals surface area contributed by atoms with Crippen molar-refractivity contribution >= 4 is 46.0 Å². The minimum Gasteiger partial charge on any atom is -0.493 e. The van der Waals surface area contributed by atoms with Gasteiger partial charge in [-0.15, -0.1) is 0 Å². The molecule has 3 amide bonds. The predicted octanol–water partition coefficient (Wildman–Crippen LogP) is 4.78. The molecule has 2 saturated heterocycles. The molecule has 3 aromatic carbocycles. The third kappa shape index (κ3) is 7.51. The molecule has 0 spiro atoms. The number of nitrogens with one attached hydrogen (secondary N) is 1. The number of benzene rings is 3. The maximum Gasteiger partial charge on any atom is 0.287 e. The van der Waals surface area contributed by atoms with Crippen molar-refractivity contribution in [1.29, 1.82) is 0 Å². The number of hydrogen-bond acceptors (Lipinski definition) is 8. The maximum atomic E-state index is 14.1. The van der Waals surface area contributed by atoms with Crippen molar-refractivity contribution in [2.24, 2.45) is 0 Å². The second-order valence-corrected chi connectivity index (χ2v) is 12.7. The second kappa shape index (κ2) is 15.0. The average molecular weight is 687 g/mol. The van der Waals surface area contributed by atoms with Crippen molar-refractivity contribution in [2.75, 3.05) is 58.4 Å². The van der Waals surface area contributed by atoms with Gasteiger partial charge in [-0.05, 0) is 55.2 Å². The molecule has 4 aromatic rings. The first kappa shape index (κ1) is 33.9. The van der Waals surface area contributed by atoms with Crippen LogP contribution in [0.5, 0.6) is 11.5 Å². The van der Waals surface area contributed by atoms with Gasteiger partial charge in [0, 0.05) is 68.5 Å². The Morgan fingerprint density at radius 3 is 2.20 bits per heavy atom. The number of methoxy groups -OCH3 is 2. The lowest BCUT2D eigenvalue weighted by Gasteiger charge is -2.38. The number of piperidine rings is 1. The van der Waals surface area contributed by atoms with Crippen molar-refractivity contribution in [1.82, 2.24) is 15.1 Å². The summed E-state index contributed by atoms with van der Waals surface area (Å²) in [6.45, 7) is 3.35. The number of likely N-dealkylation sites (tertiary alicyclic amines) is 1. The van der Waals surface area contributed by atoms with Crippen LogP contribution in [0.3, 0.4) is 0 Å². The molecule has 6 rings (SSSR count). The predicted molar refractivity (Wildman–Crippen MR) is 187 cm³/mol. The van der Waals surface area contributed by atoms with Gasteiger partial charge in [-0.1, -0.05) is 35.9 Å². The molecular formula is C37H39ClN4O7. The van der Waals surface area contributed by atoms with Crippen LogP contribution in [-0.2, 0) is 11.2 Å². The zero-order valence-electron chi connectivity index (χ0n) is 27.6. The third-order valence-corrected chi connectivity index (χ3v) is 9.38. The molecule has 0 radical (unpaired) electrons. The molecule has 0 aliphatic carbocycles. The van der Waals surface area contributed by atoms with Gasteiger partial charge in [-0.3, -0.25) is 19.2 Å². The summed E-state index contributed by atoms with van der Waals surface area (Å²) in [5.41, 5.74) is 2.03. The van der Waals surface area contributed by atoms with Crippen molar-refractivity contribution in [3.05, 3.63) is 98.9 Å². The number of piperazine rings is 1. The van der Waals surface area contributed by atoms with Gasteiger partial charge in [0.2, 0.25) is 5.91 Å². The number of fused-ring (bicyclic) bond motifs is 1. The number of amides is 3. The van der Waals surface area contributed by atoms with Gasteiger partial charge in [0.15, 0.2) is 22.7 Å². The van der Waals surface area contributed by atoms with Gasteiger partial charge in [0.1, 0.15) is 11.6 Å².